The van der Waals surface area contributed by atoms with Crippen molar-refractivity contribution < 1.29 is 14.3 Å². The van der Waals surface area contributed by atoms with Gasteiger partial charge in [0.15, 0.2) is 6.40 Å². The topological polar surface area (TPSA) is 78.0 Å². The molecular weight excluding hydrogens is 344 g/mol. The van der Waals surface area contributed by atoms with Crippen molar-refractivity contribution in [3.05, 3.63) is 36.0 Å². The predicted octanol–water partition coefficient (Wildman–Crippen LogP) is 2.45. The zero-order chi connectivity index (χ0) is 18.8. The number of piperidine rings is 1. The van der Waals surface area contributed by atoms with Crippen LogP contribution in [0.4, 0.5) is 0 Å². The highest BCUT2D eigenvalue weighted by molar-refractivity contribution is 5.92. The van der Waals surface area contributed by atoms with Crippen LogP contribution in [0.15, 0.2) is 35.5 Å². The van der Waals surface area contributed by atoms with Crippen molar-refractivity contribution in [1.29, 1.82) is 0 Å². The second kappa shape index (κ2) is 7.52. The van der Waals surface area contributed by atoms with Crippen molar-refractivity contribution >= 4 is 29.1 Å². The fourth-order valence-electron chi connectivity index (χ4n) is 3.92. The van der Waals surface area contributed by atoms with E-state index < -0.39 is 6.23 Å². The molecule has 2 atom stereocenters. The van der Waals surface area contributed by atoms with E-state index in [1.54, 1.807) is 0 Å². The first-order chi connectivity index (χ1) is 13.1. The zero-order valence-corrected chi connectivity index (χ0v) is 15.4. The summed E-state index contributed by atoms with van der Waals surface area (Å²) in [6, 6.07) is 7.81. The van der Waals surface area contributed by atoms with Gasteiger partial charge < -0.3 is 14.6 Å². The predicted molar refractivity (Wildman–Crippen MR) is 102 cm³/mol. The van der Waals surface area contributed by atoms with Crippen LogP contribution in [-0.2, 0) is 14.3 Å². The van der Waals surface area contributed by atoms with E-state index in [0.29, 0.717) is 0 Å². The number of ether oxygens (including phenoxy) is 1. The number of para-hydroxylation sites is 1. The molecule has 0 saturated carbocycles. The van der Waals surface area contributed by atoms with Gasteiger partial charge in [0.25, 0.3) is 0 Å². The standard InChI is InChI=1S/C20H24N4O3/c1-14(16-11-21-17-8-4-3-7-15(16)17)24(20-19(26)22-13-27-20)12-18(25)23-9-5-2-6-10-23/h3-4,7-8,11,13-14,20-21H,2,5-6,9-10,12H2,1H3/t14-,20+/m1/s1. The van der Waals surface area contributed by atoms with E-state index in [-0.39, 0.29) is 24.4 Å². The molecule has 1 saturated heterocycles. The first-order valence-electron chi connectivity index (χ1n) is 9.46. The second-order valence-corrected chi connectivity index (χ2v) is 7.14. The van der Waals surface area contributed by atoms with Crippen LogP contribution in [0.2, 0.25) is 0 Å². The van der Waals surface area contributed by atoms with E-state index in [9.17, 15) is 9.59 Å². The molecular formula is C20H24N4O3. The summed E-state index contributed by atoms with van der Waals surface area (Å²) in [5.41, 5.74) is 2.05. The number of nitrogens with zero attached hydrogens (tertiary/aromatic N) is 3. The molecule has 1 aromatic heterocycles. The van der Waals surface area contributed by atoms with Crippen molar-refractivity contribution in [3.63, 3.8) is 0 Å². The molecule has 0 bridgehead atoms. The van der Waals surface area contributed by atoms with Gasteiger partial charge in [-0.1, -0.05) is 18.2 Å². The number of amides is 2. The lowest BCUT2D eigenvalue weighted by atomic mass is 10.0. The van der Waals surface area contributed by atoms with E-state index in [2.05, 4.69) is 9.98 Å². The largest absolute Gasteiger partial charge is 0.455 e. The maximum atomic E-state index is 12.9. The smallest absolute Gasteiger partial charge is 0.305 e. The van der Waals surface area contributed by atoms with E-state index in [4.69, 9.17) is 4.74 Å². The van der Waals surface area contributed by atoms with Crippen molar-refractivity contribution in [2.24, 2.45) is 4.99 Å². The van der Waals surface area contributed by atoms with Gasteiger partial charge in [-0.05, 0) is 37.8 Å². The molecule has 2 aromatic rings. The van der Waals surface area contributed by atoms with E-state index in [1.807, 2.05) is 47.2 Å². The monoisotopic (exact) mass is 368 g/mol. The average molecular weight is 368 g/mol. The highest BCUT2D eigenvalue weighted by Crippen LogP contribution is 2.30. The summed E-state index contributed by atoms with van der Waals surface area (Å²) in [6.45, 7) is 3.68. The number of H-pyrrole nitrogens is 1. The van der Waals surface area contributed by atoms with E-state index in [0.717, 1.165) is 48.8 Å². The van der Waals surface area contributed by atoms with Gasteiger partial charge in [0, 0.05) is 36.2 Å². The third-order valence-corrected chi connectivity index (χ3v) is 5.48. The van der Waals surface area contributed by atoms with Crippen LogP contribution < -0.4 is 0 Å². The lowest BCUT2D eigenvalue weighted by Gasteiger charge is -2.34. The molecule has 0 aliphatic carbocycles. The Labute approximate surface area is 158 Å². The summed E-state index contributed by atoms with van der Waals surface area (Å²) < 4.78 is 5.45. The number of rotatable bonds is 5. The number of hydrogen-bond donors (Lipinski definition) is 1. The summed E-state index contributed by atoms with van der Waals surface area (Å²) in [4.78, 5) is 35.8. The molecule has 2 amide bonds. The van der Waals surface area contributed by atoms with Crippen LogP contribution in [0.25, 0.3) is 10.9 Å². The van der Waals surface area contributed by atoms with Crippen molar-refractivity contribution in [3.8, 4) is 0 Å². The Morgan fingerprint density at radius 3 is 2.85 bits per heavy atom. The summed E-state index contributed by atoms with van der Waals surface area (Å²) in [6.07, 6.45) is 5.48. The number of nitrogens with one attached hydrogen (secondary N) is 1. The van der Waals surface area contributed by atoms with Crippen LogP contribution in [-0.4, -0.2) is 58.9 Å². The number of benzene rings is 1. The normalized spacial score (nSPS) is 21.0. The van der Waals surface area contributed by atoms with Gasteiger partial charge in [-0.2, -0.15) is 4.99 Å². The number of carbonyl (C=O) groups is 2. The third-order valence-electron chi connectivity index (χ3n) is 5.48. The minimum absolute atomic E-state index is 0.0321. The minimum Gasteiger partial charge on any atom is -0.455 e. The fourth-order valence-corrected chi connectivity index (χ4v) is 3.92. The van der Waals surface area contributed by atoms with Gasteiger partial charge in [-0.15, -0.1) is 0 Å². The summed E-state index contributed by atoms with van der Waals surface area (Å²) in [5.74, 6) is -0.335. The molecule has 0 unspecified atom stereocenters. The molecule has 2 aliphatic heterocycles. The molecule has 1 aromatic carbocycles. The molecule has 7 heteroatoms. The maximum Gasteiger partial charge on any atom is 0.305 e. The number of carbonyl (C=O) groups excluding carboxylic acids is 2. The van der Waals surface area contributed by atoms with Gasteiger partial charge in [-0.25, -0.2) is 4.90 Å². The number of aromatic amines is 1. The van der Waals surface area contributed by atoms with Crippen molar-refractivity contribution in [1.82, 2.24) is 14.8 Å². The Morgan fingerprint density at radius 2 is 2.11 bits per heavy atom. The summed E-state index contributed by atoms with van der Waals surface area (Å²) >= 11 is 0. The Kier molecular flexibility index (Phi) is 4.94. The van der Waals surface area contributed by atoms with Crippen LogP contribution in [0.1, 0.15) is 37.8 Å². The van der Waals surface area contributed by atoms with Crippen LogP contribution >= 0.6 is 0 Å². The molecule has 0 spiro atoms. The van der Waals surface area contributed by atoms with Crippen LogP contribution in [0.5, 0.6) is 0 Å². The lowest BCUT2D eigenvalue weighted by Crippen LogP contribution is -2.49. The number of fused-ring (bicyclic) bond motifs is 1. The molecule has 0 radical (unpaired) electrons. The second-order valence-electron chi connectivity index (χ2n) is 7.14. The van der Waals surface area contributed by atoms with E-state index >= 15 is 0 Å². The van der Waals surface area contributed by atoms with Gasteiger partial charge in [0.05, 0.1) is 6.54 Å². The molecule has 3 heterocycles. The Balaban J connectivity index is 1.61. The Bertz CT molecular complexity index is 869. The number of likely N-dealkylation sites (tertiary alicyclic amines) is 1. The molecule has 4 rings (SSSR count). The lowest BCUT2D eigenvalue weighted by molar-refractivity contribution is -0.141. The van der Waals surface area contributed by atoms with Crippen LogP contribution in [0, 0.1) is 0 Å². The highest BCUT2D eigenvalue weighted by Gasteiger charge is 2.37. The fraction of sp³-hybridized carbons (Fsp3) is 0.450. The van der Waals surface area contributed by atoms with E-state index in [1.165, 1.54) is 6.40 Å². The van der Waals surface area contributed by atoms with Gasteiger partial charge >= 0.3 is 5.91 Å². The number of aromatic nitrogens is 1. The highest BCUT2D eigenvalue weighted by atomic mass is 16.5. The Hall–Kier alpha value is -2.67. The maximum absolute atomic E-state index is 12.9. The Morgan fingerprint density at radius 1 is 1.33 bits per heavy atom. The third kappa shape index (κ3) is 3.47. The van der Waals surface area contributed by atoms with Crippen molar-refractivity contribution in [2.45, 2.75) is 38.5 Å². The van der Waals surface area contributed by atoms with Gasteiger partial charge in [0.2, 0.25) is 12.1 Å². The SMILES string of the molecule is C[C@H](c1c[nH]c2ccccc12)N(CC(=O)N1CCCCC1)[C@H]1OC=NC1=O. The molecule has 7 nitrogen and oxygen atoms in total. The zero-order valence-electron chi connectivity index (χ0n) is 15.4. The first-order valence-corrected chi connectivity index (χ1v) is 9.46. The molecule has 2 aliphatic rings. The molecule has 1 fully saturated rings. The molecule has 142 valence electrons. The molecule has 1 N–H and O–H groups in total. The minimum atomic E-state index is -0.859. The van der Waals surface area contributed by atoms with Crippen LogP contribution in [0.3, 0.4) is 0 Å². The first kappa shape index (κ1) is 17.7. The van der Waals surface area contributed by atoms with Gasteiger partial charge in [-0.3, -0.25) is 9.59 Å². The summed E-state index contributed by atoms with van der Waals surface area (Å²) in [7, 11) is 0. The molecule has 27 heavy (non-hydrogen) atoms. The summed E-state index contributed by atoms with van der Waals surface area (Å²) in [5, 5.41) is 1.08. The quantitative estimate of drug-likeness (QED) is 0.879. The number of aliphatic imine (C=N–C) groups is 1. The van der Waals surface area contributed by atoms with Crippen molar-refractivity contribution in [2.75, 3.05) is 19.6 Å². The average Bonchev–Trinajstić information content (AvgIpc) is 3.32. The number of hydrogen-bond acceptors (Lipinski definition) is 4. The van der Waals surface area contributed by atoms with Gasteiger partial charge in [0.1, 0.15) is 0 Å².